The molecule has 0 unspecified atom stereocenters. The molecule has 7 heteroatoms. The Kier molecular flexibility index (Phi) is 3.16. The molecule has 1 aromatic heterocycles. The Morgan fingerprint density at radius 1 is 1.25 bits per heavy atom. The van der Waals surface area contributed by atoms with Gasteiger partial charge >= 0.3 is 0 Å². The van der Waals surface area contributed by atoms with E-state index >= 15 is 0 Å². The lowest BCUT2D eigenvalue weighted by molar-refractivity contribution is 1.08. The molecule has 2 aromatic rings. The summed E-state index contributed by atoms with van der Waals surface area (Å²) in [5, 5.41) is 9.12. The van der Waals surface area contributed by atoms with Crippen molar-refractivity contribution in [2.75, 3.05) is 0 Å². The van der Waals surface area contributed by atoms with E-state index < -0.39 is 0 Å². The molecule has 0 spiro atoms. The van der Waals surface area contributed by atoms with Crippen LogP contribution in [-0.2, 0) is 0 Å². The average Bonchev–Trinajstić information content (AvgIpc) is 2.66. The molecule has 5 nitrogen and oxygen atoms in total. The minimum atomic E-state index is -0.0187. The number of nitrogens with zero attached hydrogens (tertiary/aromatic N) is 3. The molecule has 0 fully saturated rings. The van der Waals surface area contributed by atoms with Gasteiger partial charge in [-0.05, 0) is 6.07 Å². The van der Waals surface area contributed by atoms with Gasteiger partial charge in [0, 0.05) is 10.0 Å². The van der Waals surface area contributed by atoms with Crippen LogP contribution in [0, 0.1) is 0 Å². The summed E-state index contributed by atoms with van der Waals surface area (Å²) in [7, 11) is 0. The molecule has 82 valence electrons. The maximum atomic E-state index is 5.26. The van der Waals surface area contributed by atoms with E-state index in [1.54, 1.807) is 0 Å². The van der Waals surface area contributed by atoms with Gasteiger partial charge in [0.1, 0.15) is 0 Å². The lowest BCUT2D eigenvalue weighted by Crippen LogP contribution is -2.21. The quantitative estimate of drug-likeness (QED) is 0.654. The molecule has 1 aromatic carbocycles. The average molecular weight is 298 g/mol. The standard InChI is InChI=1S/C9H8BrN5S/c10-6-4-2-1-3-5(6)7-14-15-9(16-7)13-8(11)12/h1-4H,(H4,11,12,13,15). The maximum absolute atomic E-state index is 5.26. The van der Waals surface area contributed by atoms with E-state index in [9.17, 15) is 0 Å². The fourth-order valence-electron chi connectivity index (χ4n) is 1.11. The Hall–Kier alpha value is -1.47. The SMILES string of the molecule is NC(N)=Nc1nnc(-c2ccccc2Br)s1. The molecule has 0 bridgehead atoms. The van der Waals surface area contributed by atoms with Crippen LogP contribution in [0.2, 0.25) is 0 Å². The molecule has 2 rings (SSSR count). The lowest BCUT2D eigenvalue weighted by atomic mass is 10.2. The zero-order valence-electron chi connectivity index (χ0n) is 8.09. The van der Waals surface area contributed by atoms with Crippen LogP contribution in [-0.4, -0.2) is 16.2 Å². The molecule has 0 amide bonds. The van der Waals surface area contributed by atoms with Gasteiger partial charge in [0.15, 0.2) is 11.0 Å². The lowest BCUT2D eigenvalue weighted by Gasteiger charge is -1.96. The Morgan fingerprint density at radius 3 is 2.69 bits per heavy atom. The second-order valence-electron chi connectivity index (χ2n) is 2.91. The highest BCUT2D eigenvalue weighted by atomic mass is 79.9. The minimum absolute atomic E-state index is 0.0187. The fraction of sp³-hybridized carbons (Fsp3) is 0. The molecule has 16 heavy (non-hydrogen) atoms. The van der Waals surface area contributed by atoms with Crippen molar-refractivity contribution in [3.8, 4) is 10.6 Å². The third-order valence-electron chi connectivity index (χ3n) is 1.74. The summed E-state index contributed by atoms with van der Waals surface area (Å²) in [6.07, 6.45) is 0. The van der Waals surface area contributed by atoms with E-state index in [1.165, 1.54) is 11.3 Å². The first-order valence-corrected chi connectivity index (χ1v) is 5.96. The van der Waals surface area contributed by atoms with Crippen LogP contribution in [0.4, 0.5) is 5.13 Å². The third kappa shape index (κ3) is 2.37. The van der Waals surface area contributed by atoms with Crippen LogP contribution >= 0.6 is 27.3 Å². The Balaban J connectivity index is 2.39. The number of guanidine groups is 1. The van der Waals surface area contributed by atoms with Crippen molar-refractivity contribution in [1.29, 1.82) is 0 Å². The first-order chi connectivity index (χ1) is 7.66. The summed E-state index contributed by atoms with van der Waals surface area (Å²) in [4.78, 5) is 3.84. The number of hydrogen-bond donors (Lipinski definition) is 2. The summed E-state index contributed by atoms with van der Waals surface area (Å²) >= 11 is 4.78. The molecule has 0 atom stereocenters. The summed E-state index contributed by atoms with van der Waals surface area (Å²) < 4.78 is 0.961. The van der Waals surface area contributed by atoms with Crippen molar-refractivity contribution in [2.24, 2.45) is 16.5 Å². The second-order valence-corrected chi connectivity index (χ2v) is 4.72. The highest BCUT2D eigenvalue weighted by Crippen LogP contribution is 2.32. The van der Waals surface area contributed by atoms with Gasteiger partial charge in [0.05, 0.1) is 0 Å². The highest BCUT2D eigenvalue weighted by Gasteiger charge is 2.08. The van der Waals surface area contributed by atoms with Gasteiger partial charge in [-0.1, -0.05) is 45.5 Å². The number of rotatable bonds is 2. The predicted octanol–water partition coefficient (Wildman–Crippen LogP) is 1.87. The summed E-state index contributed by atoms with van der Waals surface area (Å²) in [6.45, 7) is 0. The molecule has 0 aliphatic rings. The van der Waals surface area contributed by atoms with Crippen molar-refractivity contribution < 1.29 is 0 Å². The maximum Gasteiger partial charge on any atom is 0.235 e. The second kappa shape index (κ2) is 4.58. The van der Waals surface area contributed by atoms with Gasteiger partial charge in [-0.2, -0.15) is 4.99 Å². The van der Waals surface area contributed by atoms with E-state index in [0.29, 0.717) is 5.13 Å². The number of benzene rings is 1. The smallest absolute Gasteiger partial charge is 0.235 e. The van der Waals surface area contributed by atoms with Crippen LogP contribution in [0.15, 0.2) is 33.7 Å². The normalized spacial score (nSPS) is 10.1. The highest BCUT2D eigenvalue weighted by molar-refractivity contribution is 9.10. The summed E-state index contributed by atoms with van der Waals surface area (Å²) in [5.41, 5.74) is 11.5. The van der Waals surface area contributed by atoms with Gasteiger partial charge in [-0.3, -0.25) is 0 Å². The van der Waals surface area contributed by atoms with Gasteiger partial charge in [-0.25, -0.2) is 0 Å². The Labute approximate surface area is 104 Å². The van der Waals surface area contributed by atoms with E-state index in [1.807, 2.05) is 24.3 Å². The van der Waals surface area contributed by atoms with Gasteiger partial charge in [0.2, 0.25) is 5.13 Å². The largest absolute Gasteiger partial charge is 0.370 e. The zero-order chi connectivity index (χ0) is 11.5. The summed E-state index contributed by atoms with van der Waals surface area (Å²) in [5.74, 6) is -0.0187. The topological polar surface area (TPSA) is 90.2 Å². The minimum Gasteiger partial charge on any atom is -0.370 e. The Bertz CT molecular complexity index is 532. The number of hydrogen-bond acceptors (Lipinski definition) is 4. The van der Waals surface area contributed by atoms with Crippen LogP contribution in [0.5, 0.6) is 0 Å². The fourth-order valence-corrected chi connectivity index (χ4v) is 2.49. The molecular formula is C9H8BrN5S. The van der Waals surface area contributed by atoms with Gasteiger partial charge in [0.25, 0.3) is 0 Å². The monoisotopic (exact) mass is 297 g/mol. The van der Waals surface area contributed by atoms with Crippen molar-refractivity contribution in [1.82, 2.24) is 10.2 Å². The van der Waals surface area contributed by atoms with Crippen molar-refractivity contribution in [2.45, 2.75) is 0 Å². The molecule has 1 heterocycles. The zero-order valence-corrected chi connectivity index (χ0v) is 10.5. The molecule has 0 saturated heterocycles. The first-order valence-electron chi connectivity index (χ1n) is 4.35. The molecular weight excluding hydrogens is 290 g/mol. The first kappa shape index (κ1) is 11.0. The number of aliphatic imine (C=N–C) groups is 1. The molecule has 0 radical (unpaired) electrons. The molecule has 0 aliphatic carbocycles. The molecule has 0 aliphatic heterocycles. The van der Waals surface area contributed by atoms with Crippen molar-refractivity contribution in [3.05, 3.63) is 28.7 Å². The number of halogens is 1. The molecule has 0 saturated carbocycles. The van der Waals surface area contributed by atoms with Crippen molar-refractivity contribution >= 4 is 38.4 Å². The van der Waals surface area contributed by atoms with Gasteiger partial charge in [-0.15, -0.1) is 10.2 Å². The van der Waals surface area contributed by atoms with Crippen molar-refractivity contribution in [3.63, 3.8) is 0 Å². The number of aromatic nitrogens is 2. The van der Waals surface area contributed by atoms with E-state index in [4.69, 9.17) is 11.5 Å². The number of nitrogens with two attached hydrogens (primary N) is 2. The van der Waals surface area contributed by atoms with Crippen LogP contribution in [0.3, 0.4) is 0 Å². The van der Waals surface area contributed by atoms with E-state index in [0.717, 1.165) is 15.0 Å². The van der Waals surface area contributed by atoms with Crippen LogP contribution in [0.1, 0.15) is 0 Å². The summed E-state index contributed by atoms with van der Waals surface area (Å²) in [6, 6.07) is 7.76. The van der Waals surface area contributed by atoms with Crippen LogP contribution < -0.4 is 11.5 Å². The molecule has 4 N–H and O–H groups in total. The van der Waals surface area contributed by atoms with Gasteiger partial charge < -0.3 is 11.5 Å². The third-order valence-corrected chi connectivity index (χ3v) is 3.29. The Morgan fingerprint density at radius 2 is 2.00 bits per heavy atom. The predicted molar refractivity (Wildman–Crippen MR) is 68.5 cm³/mol. The van der Waals surface area contributed by atoms with E-state index in [-0.39, 0.29) is 5.96 Å². The van der Waals surface area contributed by atoms with E-state index in [2.05, 4.69) is 31.1 Å². The van der Waals surface area contributed by atoms with Crippen LogP contribution in [0.25, 0.3) is 10.6 Å².